The fourth-order valence-corrected chi connectivity index (χ4v) is 2.34. The molecule has 1 aromatic carbocycles. The molecule has 108 valence electrons. The topological polar surface area (TPSA) is 38.5 Å². The lowest BCUT2D eigenvalue weighted by atomic mass is 10.1. The summed E-state index contributed by atoms with van der Waals surface area (Å²) in [5, 5.41) is 0. The van der Waals surface area contributed by atoms with Crippen LogP contribution in [0.5, 0.6) is 5.75 Å². The quantitative estimate of drug-likeness (QED) is 0.807. The van der Waals surface area contributed by atoms with E-state index in [1.54, 1.807) is 7.11 Å². The Kier molecular flexibility index (Phi) is 5.46. The van der Waals surface area contributed by atoms with Crippen LogP contribution in [0.2, 0.25) is 0 Å². The van der Waals surface area contributed by atoms with Crippen LogP contribution in [0, 0.1) is 17.8 Å². The average Bonchev–Trinajstić information content (AvgIpc) is 3.28. The van der Waals surface area contributed by atoms with Gasteiger partial charge in [0, 0.05) is 24.2 Å². The zero-order valence-electron chi connectivity index (χ0n) is 12.5. The number of ether oxygens (including phenoxy) is 1. The second kappa shape index (κ2) is 7.33. The number of benzene rings is 1. The monoisotopic (exact) mass is 272 g/mol. The molecular weight excluding hydrogens is 248 g/mol. The molecule has 3 heteroatoms. The van der Waals surface area contributed by atoms with Gasteiger partial charge in [0.1, 0.15) is 5.75 Å². The molecule has 0 atom stereocenters. The van der Waals surface area contributed by atoms with Crippen LogP contribution in [0.3, 0.4) is 0 Å². The van der Waals surface area contributed by atoms with Crippen molar-refractivity contribution in [3.05, 3.63) is 29.3 Å². The molecule has 2 rings (SSSR count). The summed E-state index contributed by atoms with van der Waals surface area (Å²) < 4.78 is 5.47. The van der Waals surface area contributed by atoms with Gasteiger partial charge in [-0.1, -0.05) is 18.8 Å². The molecule has 1 fully saturated rings. The van der Waals surface area contributed by atoms with Crippen molar-refractivity contribution in [1.29, 1.82) is 0 Å². The molecule has 0 heterocycles. The highest BCUT2D eigenvalue weighted by molar-refractivity contribution is 5.44. The first-order chi connectivity index (χ1) is 9.76. The Morgan fingerprint density at radius 3 is 2.80 bits per heavy atom. The molecule has 0 saturated heterocycles. The number of hydrogen-bond donors (Lipinski definition) is 1. The van der Waals surface area contributed by atoms with Crippen molar-refractivity contribution < 1.29 is 4.74 Å². The third kappa shape index (κ3) is 4.26. The smallest absolute Gasteiger partial charge is 0.123 e. The van der Waals surface area contributed by atoms with E-state index in [1.807, 2.05) is 12.1 Å². The maximum absolute atomic E-state index is 5.47. The van der Waals surface area contributed by atoms with E-state index < -0.39 is 0 Å². The van der Waals surface area contributed by atoms with Gasteiger partial charge in [0.05, 0.1) is 13.7 Å². The van der Waals surface area contributed by atoms with Crippen molar-refractivity contribution in [2.45, 2.75) is 26.3 Å². The highest BCUT2D eigenvalue weighted by Crippen LogP contribution is 2.31. The zero-order valence-corrected chi connectivity index (χ0v) is 12.5. The minimum Gasteiger partial charge on any atom is -0.496 e. The molecule has 0 bridgehead atoms. The third-order valence-corrected chi connectivity index (χ3v) is 3.67. The molecule has 0 unspecified atom stereocenters. The van der Waals surface area contributed by atoms with E-state index in [9.17, 15) is 0 Å². The fourth-order valence-electron chi connectivity index (χ4n) is 2.34. The summed E-state index contributed by atoms with van der Waals surface area (Å²) in [5.74, 6) is 7.84. The molecule has 0 amide bonds. The molecule has 1 aromatic rings. The summed E-state index contributed by atoms with van der Waals surface area (Å²) >= 11 is 0. The number of nitrogens with two attached hydrogens (primary N) is 1. The van der Waals surface area contributed by atoms with Crippen LogP contribution < -0.4 is 10.5 Å². The van der Waals surface area contributed by atoms with Crippen molar-refractivity contribution in [1.82, 2.24) is 4.90 Å². The summed E-state index contributed by atoms with van der Waals surface area (Å²) in [6.07, 6.45) is 2.77. The molecule has 0 aliphatic heterocycles. The first kappa shape index (κ1) is 14.9. The Bertz CT molecular complexity index is 497. The predicted molar refractivity (Wildman–Crippen MR) is 82.6 cm³/mol. The first-order valence-electron chi connectivity index (χ1n) is 7.35. The summed E-state index contributed by atoms with van der Waals surface area (Å²) in [7, 11) is 1.72. The highest BCUT2D eigenvalue weighted by atomic mass is 16.5. The Balaban J connectivity index is 2.13. The van der Waals surface area contributed by atoms with Gasteiger partial charge in [-0.2, -0.15) is 0 Å². The second-order valence-corrected chi connectivity index (χ2v) is 5.30. The van der Waals surface area contributed by atoms with Gasteiger partial charge < -0.3 is 10.5 Å². The molecule has 0 radical (unpaired) electrons. The number of methoxy groups -OCH3 is 1. The Labute approximate surface area is 122 Å². The summed E-state index contributed by atoms with van der Waals surface area (Å²) in [6, 6.07) is 6.11. The molecule has 0 aromatic heterocycles. The van der Waals surface area contributed by atoms with Gasteiger partial charge in [-0.05, 0) is 43.5 Å². The lowest BCUT2D eigenvalue weighted by Gasteiger charge is -2.21. The molecular formula is C17H24N2O. The Morgan fingerprint density at radius 1 is 1.40 bits per heavy atom. The van der Waals surface area contributed by atoms with Crippen molar-refractivity contribution in [3.63, 3.8) is 0 Å². The number of nitrogens with zero attached hydrogens (tertiary/aromatic N) is 1. The fraction of sp³-hybridized carbons (Fsp3) is 0.529. The standard InChI is InChI=1S/C17H24N2O/c1-3-19(12-15-6-7-15)13-16-11-14(5-4-10-18)8-9-17(16)20-2/h8-9,11,15H,3,6-7,10,12-13,18H2,1-2H3. The van der Waals surface area contributed by atoms with Gasteiger partial charge in [0.2, 0.25) is 0 Å². The minimum absolute atomic E-state index is 0.393. The normalized spacial score (nSPS) is 14.0. The van der Waals surface area contributed by atoms with Crippen LogP contribution >= 0.6 is 0 Å². The van der Waals surface area contributed by atoms with E-state index in [0.717, 1.165) is 30.3 Å². The van der Waals surface area contributed by atoms with Crippen LogP contribution in [-0.4, -0.2) is 31.6 Å². The summed E-state index contributed by atoms with van der Waals surface area (Å²) in [6.45, 7) is 5.79. The van der Waals surface area contributed by atoms with E-state index in [2.05, 4.69) is 29.7 Å². The lowest BCUT2D eigenvalue weighted by Crippen LogP contribution is -2.25. The highest BCUT2D eigenvalue weighted by Gasteiger charge is 2.24. The van der Waals surface area contributed by atoms with Crippen LogP contribution in [0.25, 0.3) is 0 Å². The maximum atomic E-state index is 5.47. The molecule has 20 heavy (non-hydrogen) atoms. The minimum atomic E-state index is 0.393. The van der Waals surface area contributed by atoms with Gasteiger partial charge in [-0.3, -0.25) is 4.90 Å². The largest absolute Gasteiger partial charge is 0.496 e. The third-order valence-electron chi connectivity index (χ3n) is 3.67. The van der Waals surface area contributed by atoms with Crippen molar-refractivity contribution in [2.24, 2.45) is 11.7 Å². The molecule has 1 aliphatic rings. The predicted octanol–water partition coefficient (Wildman–Crippen LogP) is 2.24. The van der Waals surface area contributed by atoms with Gasteiger partial charge in [-0.25, -0.2) is 0 Å². The van der Waals surface area contributed by atoms with Crippen molar-refractivity contribution >= 4 is 0 Å². The average molecular weight is 272 g/mol. The second-order valence-electron chi connectivity index (χ2n) is 5.30. The molecule has 1 aliphatic carbocycles. The molecule has 1 saturated carbocycles. The molecule has 2 N–H and O–H groups in total. The van der Waals surface area contributed by atoms with Crippen LogP contribution in [0.15, 0.2) is 18.2 Å². The van der Waals surface area contributed by atoms with E-state index in [0.29, 0.717) is 6.54 Å². The lowest BCUT2D eigenvalue weighted by molar-refractivity contribution is 0.263. The van der Waals surface area contributed by atoms with E-state index >= 15 is 0 Å². The number of rotatable bonds is 6. The van der Waals surface area contributed by atoms with Gasteiger partial charge in [-0.15, -0.1) is 0 Å². The summed E-state index contributed by atoms with van der Waals surface area (Å²) in [5.41, 5.74) is 7.64. The van der Waals surface area contributed by atoms with Crippen molar-refractivity contribution in [2.75, 3.05) is 26.7 Å². The van der Waals surface area contributed by atoms with E-state index in [4.69, 9.17) is 10.5 Å². The Morgan fingerprint density at radius 2 is 2.20 bits per heavy atom. The van der Waals surface area contributed by atoms with E-state index in [-0.39, 0.29) is 0 Å². The van der Waals surface area contributed by atoms with Gasteiger partial charge in [0.25, 0.3) is 0 Å². The first-order valence-corrected chi connectivity index (χ1v) is 7.35. The SMILES string of the molecule is CCN(Cc1cc(C#CCN)ccc1OC)CC1CC1. The van der Waals surface area contributed by atoms with Crippen LogP contribution in [-0.2, 0) is 6.54 Å². The molecule has 0 spiro atoms. The van der Waals surface area contributed by atoms with Crippen molar-refractivity contribution in [3.8, 4) is 17.6 Å². The Hall–Kier alpha value is -1.50. The van der Waals surface area contributed by atoms with Gasteiger partial charge in [0.15, 0.2) is 0 Å². The number of hydrogen-bond acceptors (Lipinski definition) is 3. The van der Waals surface area contributed by atoms with E-state index in [1.165, 1.54) is 24.9 Å². The molecule has 3 nitrogen and oxygen atoms in total. The zero-order chi connectivity index (χ0) is 14.4. The van der Waals surface area contributed by atoms with Gasteiger partial charge >= 0.3 is 0 Å². The van der Waals surface area contributed by atoms with Crippen LogP contribution in [0.4, 0.5) is 0 Å². The maximum Gasteiger partial charge on any atom is 0.123 e. The summed E-state index contributed by atoms with van der Waals surface area (Å²) in [4.78, 5) is 2.48. The van der Waals surface area contributed by atoms with Crippen LogP contribution in [0.1, 0.15) is 30.9 Å².